The predicted octanol–water partition coefficient (Wildman–Crippen LogP) is 3.90. The van der Waals surface area contributed by atoms with Gasteiger partial charge in [0, 0.05) is 5.56 Å². The molecule has 1 heterocycles. The van der Waals surface area contributed by atoms with Crippen molar-refractivity contribution in [3.63, 3.8) is 0 Å². The molecule has 2 aromatic rings. The lowest BCUT2D eigenvalue weighted by molar-refractivity contribution is -0.274. The highest BCUT2D eigenvalue weighted by Crippen LogP contribution is 2.43. The normalized spacial score (nSPS) is 19.5. The third-order valence-electron chi connectivity index (χ3n) is 4.99. The summed E-state index contributed by atoms with van der Waals surface area (Å²) in [5.41, 5.74) is 2.36. The van der Waals surface area contributed by atoms with E-state index in [2.05, 4.69) is 9.84 Å². The van der Waals surface area contributed by atoms with Gasteiger partial charge in [0.25, 0.3) is 0 Å². The molecule has 3 rings (SSSR count). The van der Waals surface area contributed by atoms with Gasteiger partial charge < -0.3 is 15.6 Å². The summed E-state index contributed by atoms with van der Waals surface area (Å²) >= 11 is 0. The van der Waals surface area contributed by atoms with Crippen molar-refractivity contribution in [3.05, 3.63) is 72.1 Å². The van der Waals surface area contributed by atoms with Gasteiger partial charge in [0.2, 0.25) is 5.91 Å². The van der Waals surface area contributed by atoms with Gasteiger partial charge in [-0.2, -0.15) is 18.3 Å². The quantitative estimate of drug-likeness (QED) is 0.601. The van der Waals surface area contributed by atoms with Gasteiger partial charge >= 0.3 is 12.5 Å². The largest absolute Gasteiger partial charge is 0.573 e. The van der Waals surface area contributed by atoms with E-state index in [0.717, 1.165) is 54.6 Å². The van der Waals surface area contributed by atoms with Crippen molar-refractivity contribution in [1.82, 2.24) is 0 Å². The van der Waals surface area contributed by atoms with Crippen molar-refractivity contribution in [2.75, 3.05) is 11.6 Å². The topological polar surface area (TPSA) is 88.2 Å². The van der Waals surface area contributed by atoms with E-state index in [1.807, 2.05) is 0 Å². The maximum absolute atomic E-state index is 13.9. The van der Waals surface area contributed by atoms with Crippen LogP contribution in [0.3, 0.4) is 0 Å². The number of alkyl halides is 6. The number of nitrogens with zero attached hydrogens (tertiary/aromatic N) is 2. The Bertz CT molecular complexity index is 1110. The molecule has 0 aliphatic carbocycles. The van der Waals surface area contributed by atoms with Gasteiger partial charge in [-0.05, 0) is 54.6 Å². The molecule has 0 saturated heterocycles. The number of primary amides is 1. The zero-order chi connectivity index (χ0) is 25.3. The SMILES string of the molecule is NC(=O)C1(C(CO)C(F)(F)F)C=CC(c2ccc(OC(F)(F)F)cc2)=NN1c1cccc(F)c1. The molecule has 182 valence electrons. The first-order valence-corrected chi connectivity index (χ1v) is 9.45. The van der Waals surface area contributed by atoms with Crippen LogP contribution in [0.1, 0.15) is 5.56 Å². The number of carbonyl (C=O) groups is 1. The number of aliphatic hydroxyl groups is 1. The zero-order valence-electron chi connectivity index (χ0n) is 16.9. The first kappa shape index (κ1) is 25.0. The molecule has 1 aliphatic rings. The van der Waals surface area contributed by atoms with E-state index in [4.69, 9.17) is 5.73 Å². The summed E-state index contributed by atoms with van der Waals surface area (Å²) in [6.45, 7) is -1.54. The van der Waals surface area contributed by atoms with Crippen LogP contribution in [0.25, 0.3) is 0 Å². The molecule has 0 fully saturated rings. The minimum atomic E-state index is -5.12. The Morgan fingerprint density at radius 3 is 2.26 bits per heavy atom. The van der Waals surface area contributed by atoms with Gasteiger partial charge in [-0.25, -0.2) is 9.40 Å². The van der Waals surface area contributed by atoms with Gasteiger partial charge in [-0.15, -0.1) is 13.2 Å². The number of allylic oxidation sites excluding steroid dienone is 1. The molecule has 0 bridgehead atoms. The maximum atomic E-state index is 13.9. The Morgan fingerprint density at radius 1 is 1.12 bits per heavy atom. The highest BCUT2D eigenvalue weighted by Gasteiger charge is 2.60. The molecular weight excluding hydrogens is 475 g/mol. The number of hydrazone groups is 1. The highest BCUT2D eigenvalue weighted by atomic mass is 19.4. The average Bonchev–Trinajstić information content (AvgIpc) is 2.72. The summed E-state index contributed by atoms with van der Waals surface area (Å²) < 4.78 is 96.3. The fourth-order valence-electron chi connectivity index (χ4n) is 3.48. The van der Waals surface area contributed by atoms with E-state index in [-0.39, 0.29) is 17.0 Å². The van der Waals surface area contributed by atoms with Crippen molar-refractivity contribution in [3.8, 4) is 5.75 Å². The summed E-state index contributed by atoms with van der Waals surface area (Å²) in [6, 6.07) is 8.36. The van der Waals surface area contributed by atoms with Crippen LogP contribution in [-0.4, -0.2) is 41.4 Å². The standard InChI is InChI=1S/C21H16F7N3O3/c22-13-2-1-3-14(10-13)31-19(18(29)33,17(11-32)20(23,24)25)9-8-16(30-31)12-4-6-15(7-5-12)34-21(26,27)28/h1-10,17,32H,11H2,(H2,29,33). The minimum Gasteiger partial charge on any atom is -0.406 e. The third-order valence-corrected chi connectivity index (χ3v) is 4.99. The molecule has 6 nitrogen and oxygen atoms in total. The van der Waals surface area contributed by atoms with Crippen molar-refractivity contribution >= 4 is 17.3 Å². The number of hydrogen-bond acceptors (Lipinski definition) is 5. The van der Waals surface area contributed by atoms with E-state index in [0.29, 0.717) is 5.01 Å². The van der Waals surface area contributed by atoms with Gasteiger partial charge in [0.15, 0.2) is 5.54 Å². The molecule has 2 aromatic carbocycles. The minimum absolute atomic E-state index is 0.0847. The van der Waals surface area contributed by atoms with Gasteiger partial charge in [0.1, 0.15) is 17.5 Å². The molecule has 0 aromatic heterocycles. The monoisotopic (exact) mass is 491 g/mol. The van der Waals surface area contributed by atoms with E-state index < -0.39 is 48.1 Å². The van der Waals surface area contributed by atoms with Crippen LogP contribution < -0.4 is 15.5 Å². The number of benzene rings is 2. The third kappa shape index (κ3) is 4.98. The number of ether oxygens (including phenoxy) is 1. The Balaban J connectivity index is 2.15. The number of amides is 1. The summed E-state index contributed by atoms with van der Waals surface area (Å²) in [4.78, 5) is 12.4. The Kier molecular flexibility index (Phi) is 6.60. The van der Waals surface area contributed by atoms with Crippen LogP contribution in [0.4, 0.5) is 36.4 Å². The van der Waals surface area contributed by atoms with E-state index in [1.165, 1.54) is 6.07 Å². The first-order chi connectivity index (χ1) is 15.8. The number of aliphatic hydroxyl groups excluding tert-OH is 1. The molecule has 0 spiro atoms. The second kappa shape index (κ2) is 8.97. The summed E-state index contributed by atoms with van der Waals surface area (Å²) in [5, 5.41) is 14.1. The molecule has 1 aliphatic heterocycles. The second-order valence-electron chi connectivity index (χ2n) is 7.15. The zero-order valence-corrected chi connectivity index (χ0v) is 16.9. The first-order valence-electron chi connectivity index (χ1n) is 9.45. The molecular formula is C21H16F7N3O3. The van der Waals surface area contributed by atoms with Crippen molar-refractivity contribution in [2.24, 2.45) is 16.8 Å². The lowest BCUT2D eigenvalue weighted by atomic mass is 9.80. The van der Waals surface area contributed by atoms with Crippen LogP contribution >= 0.6 is 0 Å². The fraction of sp³-hybridized carbons (Fsp3) is 0.238. The van der Waals surface area contributed by atoms with Gasteiger partial charge in [-0.1, -0.05) is 6.07 Å². The lowest BCUT2D eigenvalue weighted by Gasteiger charge is -2.44. The molecule has 3 N–H and O–H groups in total. The number of carbonyl (C=O) groups excluding carboxylic acids is 1. The molecule has 0 saturated carbocycles. The van der Waals surface area contributed by atoms with Crippen LogP contribution in [0.5, 0.6) is 5.75 Å². The predicted molar refractivity (Wildman–Crippen MR) is 106 cm³/mol. The number of anilines is 1. The lowest BCUT2D eigenvalue weighted by Crippen LogP contribution is -2.65. The van der Waals surface area contributed by atoms with Crippen LogP contribution in [0.2, 0.25) is 0 Å². The fourth-order valence-corrected chi connectivity index (χ4v) is 3.48. The molecule has 2 atom stereocenters. The smallest absolute Gasteiger partial charge is 0.406 e. The molecule has 1 amide bonds. The number of hydrogen-bond donors (Lipinski definition) is 2. The summed E-state index contributed by atoms with van der Waals surface area (Å²) in [7, 11) is 0. The van der Waals surface area contributed by atoms with Gasteiger partial charge in [0.05, 0.1) is 18.0 Å². The van der Waals surface area contributed by atoms with Crippen molar-refractivity contribution in [1.29, 1.82) is 0 Å². The Labute approximate surface area is 187 Å². The maximum Gasteiger partial charge on any atom is 0.573 e. The van der Waals surface area contributed by atoms with E-state index in [1.54, 1.807) is 0 Å². The van der Waals surface area contributed by atoms with E-state index in [9.17, 15) is 40.6 Å². The van der Waals surface area contributed by atoms with Crippen LogP contribution in [-0.2, 0) is 4.79 Å². The molecule has 0 radical (unpaired) electrons. The number of nitrogens with two attached hydrogens (primary N) is 1. The summed E-state index contributed by atoms with van der Waals surface area (Å²) in [6.07, 6.45) is -8.27. The average molecular weight is 491 g/mol. The highest BCUT2D eigenvalue weighted by molar-refractivity contribution is 6.11. The molecule has 2 unspecified atom stereocenters. The van der Waals surface area contributed by atoms with Crippen molar-refractivity contribution in [2.45, 2.75) is 18.1 Å². The van der Waals surface area contributed by atoms with Gasteiger partial charge in [-0.3, -0.25) is 4.79 Å². The number of halogens is 7. The number of rotatable bonds is 6. The second-order valence-corrected chi connectivity index (χ2v) is 7.15. The van der Waals surface area contributed by atoms with E-state index >= 15 is 0 Å². The molecule has 34 heavy (non-hydrogen) atoms. The Hall–Kier alpha value is -3.61. The Morgan fingerprint density at radius 2 is 1.76 bits per heavy atom. The van der Waals surface area contributed by atoms with Crippen LogP contribution in [0, 0.1) is 11.7 Å². The summed E-state index contributed by atoms with van der Waals surface area (Å²) in [5.74, 6) is -5.68. The van der Waals surface area contributed by atoms with Crippen LogP contribution in [0.15, 0.2) is 65.8 Å². The molecule has 13 heteroatoms. The van der Waals surface area contributed by atoms with Crippen molar-refractivity contribution < 1.29 is 45.4 Å².